The van der Waals surface area contributed by atoms with E-state index in [1.807, 2.05) is 4.90 Å². The first kappa shape index (κ1) is 17.9. The first-order chi connectivity index (χ1) is 12.1. The topological polar surface area (TPSA) is 66.7 Å². The van der Waals surface area contributed by atoms with Crippen LogP contribution in [0.5, 0.6) is 0 Å². The fourth-order valence-corrected chi connectivity index (χ4v) is 4.09. The number of amides is 1. The van der Waals surface area contributed by atoms with Gasteiger partial charge in [-0.3, -0.25) is 19.8 Å². The third kappa shape index (κ3) is 4.18. The lowest BCUT2D eigenvalue weighted by atomic mass is 9.89. The van der Waals surface area contributed by atoms with Crippen LogP contribution in [0.25, 0.3) is 0 Å². The zero-order chi connectivity index (χ0) is 17.8. The minimum atomic E-state index is -0.422. The van der Waals surface area contributed by atoms with Crippen molar-refractivity contribution >= 4 is 11.6 Å². The predicted molar refractivity (Wildman–Crippen MR) is 96.8 cm³/mol. The van der Waals surface area contributed by atoms with E-state index in [9.17, 15) is 14.9 Å². The Morgan fingerprint density at radius 1 is 1.16 bits per heavy atom. The van der Waals surface area contributed by atoms with Crippen molar-refractivity contribution in [2.24, 2.45) is 5.92 Å². The van der Waals surface area contributed by atoms with E-state index < -0.39 is 4.92 Å². The zero-order valence-corrected chi connectivity index (χ0v) is 14.9. The summed E-state index contributed by atoms with van der Waals surface area (Å²) in [6.07, 6.45) is 6.77. The van der Waals surface area contributed by atoms with Crippen LogP contribution in [0.2, 0.25) is 0 Å². The van der Waals surface area contributed by atoms with Gasteiger partial charge in [-0.15, -0.1) is 0 Å². The van der Waals surface area contributed by atoms with Crippen LogP contribution in [0.15, 0.2) is 18.2 Å². The van der Waals surface area contributed by atoms with Crippen molar-refractivity contribution in [1.82, 2.24) is 9.80 Å². The maximum atomic E-state index is 12.8. The van der Waals surface area contributed by atoms with E-state index in [1.165, 1.54) is 38.2 Å². The molecule has 6 nitrogen and oxygen atoms in total. The van der Waals surface area contributed by atoms with Gasteiger partial charge in [0.25, 0.3) is 11.6 Å². The van der Waals surface area contributed by atoms with Gasteiger partial charge in [0.1, 0.15) is 0 Å². The molecular weight excluding hydrogens is 318 g/mol. The molecule has 0 bridgehead atoms. The molecule has 1 aliphatic heterocycles. The summed E-state index contributed by atoms with van der Waals surface area (Å²) in [5, 5.41) is 11.1. The van der Waals surface area contributed by atoms with Crippen molar-refractivity contribution in [2.45, 2.75) is 39.0 Å². The van der Waals surface area contributed by atoms with Crippen LogP contribution in [-0.4, -0.2) is 53.4 Å². The Balaban J connectivity index is 1.58. The molecule has 0 N–H and O–H groups in total. The van der Waals surface area contributed by atoms with Crippen molar-refractivity contribution in [1.29, 1.82) is 0 Å². The first-order valence-corrected chi connectivity index (χ1v) is 9.32. The van der Waals surface area contributed by atoms with Gasteiger partial charge in [-0.1, -0.05) is 25.3 Å². The molecule has 1 heterocycles. The van der Waals surface area contributed by atoms with Crippen LogP contribution in [0.1, 0.15) is 48.0 Å². The van der Waals surface area contributed by atoms with Gasteiger partial charge in [-0.2, -0.15) is 0 Å². The van der Waals surface area contributed by atoms with E-state index in [2.05, 4.69) is 4.90 Å². The van der Waals surface area contributed by atoms with Crippen LogP contribution in [-0.2, 0) is 0 Å². The van der Waals surface area contributed by atoms with Gasteiger partial charge < -0.3 is 4.90 Å². The molecule has 0 atom stereocenters. The second-order valence-corrected chi connectivity index (χ2v) is 7.30. The lowest BCUT2D eigenvalue weighted by Gasteiger charge is -2.37. The average molecular weight is 345 g/mol. The van der Waals surface area contributed by atoms with Gasteiger partial charge in [0, 0.05) is 49.9 Å². The normalized spacial score (nSPS) is 19.8. The molecular formula is C19H27N3O3. The molecule has 0 spiro atoms. The van der Waals surface area contributed by atoms with Gasteiger partial charge in [0.15, 0.2) is 0 Å². The third-order valence-electron chi connectivity index (χ3n) is 5.63. The quantitative estimate of drug-likeness (QED) is 0.621. The maximum absolute atomic E-state index is 12.8. The number of hydrogen-bond acceptors (Lipinski definition) is 4. The highest BCUT2D eigenvalue weighted by Gasteiger charge is 2.26. The molecule has 6 heteroatoms. The molecule has 1 aromatic rings. The lowest BCUT2D eigenvalue weighted by Crippen LogP contribution is -2.50. The Hall–Kier alpha value is -1.95. The highest BCUT2D eigenvalue weighted by atomic mass is 16.6. The minimum Gasteiger partial charge on any atom is -0.336 e. The number of rotatable bonds is 4. The molecule has 2 aliphatic rings. The Morgan fingerprint density at radius 3 is 2.48 bits per heavy atom. The molecule has 1 saturated heterocycles. The van der Waals surface area contributed by atoms with Crippen LogP contribution in [0.3, 0.4) is 0 Å². The van der Waals surface area contributed by atoms with Crippen molar-refractivity contribution < 1.29 is 9.72 Å². The summed E-state index contributed by atoms with van der Waals surface area (Å²) in [5.74, 6) is 0.730. The molecule has 25 heavy (non-hydrogen) atoms. The number of benzene rings is 1. The van der Waals surface area contributed by atoms with E-state index in [1.54, 1.807) is 19.1 Å². The number of carbonyl (C=O) groups excluding carboxylic acids is 1. The summed E-state index contributed by atoms with van der Waals surface area (Å²) in [5.41, 5.74) is 0.929. The van der Waals surface area contributed by atoms with Crippen LogP contribution in [0, 0.1) is 23.0 Å². The van der Waals surface area contributed by atoms with E-state index in [-0.39, 0.29) is 11.6 Å². The Kier molecular flexibility index (Phi) is 5.68. The van der Waals surface area contributed by atoms with Gasteiger partial charge in [0.2, 0.25) is 0 Å². The van der Waals surface area contributed by atoms with Crippen molar-refractivity contribution in [2.75, 3.05) is 32.7 Å². The van der Waals surface area contributed by atoms with Crippen molar-refractivity contribution in [3.63, 3.8) is 0 Å². The lowest BCUT2D eigenvalue weighted by molar-refractivity contribution is -0.385. The Labute approximate surface area is 148 Å². The summed E-state index contributed by atoms with van der Waals surface area (Å²) in [7, 11) is 0. The number of carbonyl (C=O) groups is 1. The summed E-state index contributed by atoms with van der Waals surface area (Å²) < 4.78 is 0. The van der Waals surface area contributed by atoms with E-state index in [0.717, 1.165) is 25.6 Å². The molecule has 0 aromatic heterocycles. The summed E-state index contributed by atoms with van der Waals surface area (Å²) in [4.78, 5) is 27.7. The van der Waals surface area contributed by atoms with E-state index in [0.29, 0.717) is 24.2 Å². The SMILES string of the molecule is Cc1c(C(=O)N2CCN(CC3CCCCC3)CC2)cccc1[N+](=O)[O-]. The fourth-order valence-electron chi connectivity index (χ4n) is 4.09. The van der Waals surface area contributed by atoms with Gasteiger partial charge in [0.05, 0.1) is 4.92 Å². The summed E-state index contributed by atoms with van der Waals surface area (Å²) >= 11 is 0. The summed E-state index contributed by atoms with van der Waals surface area (Å²) in [6, 6.07) is 4.74. The predicted octanol–water partition coefficient (Wildman–Crippen LogP) is 3.24. The van der Waals surface area contributed by atoms with Crippen LogP contribution < -0.4 is 0 Å². The Bertz CT molecular complexity index is 633. The van der Waals surface area contributed by atoms with E-state index >= 15 is 0 Å². The molecule has 136 valence electrons. The number of nitrogens with zero attached hydrogens (tertiary/aromatic N) is 3. The molecule has 1 aliphatic carbocycles. The third-order valence-corrected chi connectivity index (χ3v) is 5.63. The molecule has 1 saturated carbocycles. The fraction of sp³-hybridized carbons (Fsp3) is 0.632. The highest BCUT2D eigenvalue weighted by molar-refractivity contribution is 5.96. The molecule has 2 fully saturated rings. The second-order valence-electron chi connectivity index (χ2n) is 7.30. The standard InChI is InChI=1S/C19H27N3O3/c1-15-17(8-5-9-18(15)22(24)25)19(23)21-12-10-20(11-13-21)14-16-6-3-2-4-7-16/h5,8-9,16H,2-4,6-7,10-14H2,1H3. The molecule has 1 aromatic carbocycles. The number of nitro groups is 1. The number of piperazine rings is 1. The zero-order valence-electron chi connectivity index (χ0n) is 14.9. The first-order valence-electron chi connectivity index (χ1n) is 9.32. The largest absolute Gasteiger partial charge is 0.336 e. The number of nitro benzene ring substituents is 1. The summed E-state index contributed by atoms with van der Waals surface area (Å²) in [6.45, 7) is 6.01. The van der Waals surface area contributed by atoms with Crippen LogP contribution in [0.4, 0.5) is 5.69 Å². The average Bonchev–Trinajstić information content (AvgIpc) is 2.62. The van der Waals surface area contributed by atoms with Gasteiger partial charge in [-0.25, -0.2) is 0 Å². The number of hydrogen-bond donors (Lipinski definition) is 0. The second kappa shape index (κ2) is 7.95. The van der Waals surface area contributed by atoms with Crippen molar-refractivity contribution in [3.8, 4) is 0 Å². The monoisotopic (exact) mass is 345 g/mol. The van der Waals surface area contributed by atoms with Crippen LogP contribution >= 0.6 is 0 Å². The Morgan fingerprint density at radius 2 is 1.84 bits per heavy atom. The van der Waals surface area contributed by atoms with Gasteiger partial charge in [-0.05, 0) is 31.7 Å². The van der Waals surface area contributed by atoms with E-state index in [4.69, 9.17) is 0 Å². The maximum Gasteiger partial charge on any atom is 0.273 e. The molecule has 3 rings (SSSR count). The molecule has 1 amide bonds. The van der Waals surface area contributed by atoms with Crippen molar-refractivity contribution in [3.05, 3.63) is 39.4 Å². The molecule has 0 unspecified atom stereocenters. The van der Waals surface area contributed by atoms with Gasteiger partial charge >= 0.3 is 0 Å². The smallest absolute Gasteiger partial charge is 0.273 e. The molecule has 0 radical (unpaired) electrons. The highest BCUT2D eigenvalue weighted by Crippen LogP contribution is 2.25. The minimum absolute atomic E-state index is 0.0155.